The van der Waals surface area contributed by atoms with Crippen LogP contribution < -0.4 is 0 Å². The number of aliphatic hydroxyl groups excluding tert-OH is 1. The maximum atomic E-state index is 8.84. The normalized spacial score (nSPS) is 18.2. The summed E-state index contributed by atoms with van der Waals surface area (Å²) in [4.78, 5) is 0. The van der Waals surface area contributed by atoms with Gasteiger partial charge in [-0.25, -0.2) is 0 Å². The highest BCUT2D eigenvalue weighted by atomic mass is 16.4. The van der Waals surface area contributed by atoms with Gasteiger partial charge in [0, 0.05) is 12.8 Å². The standard InChI is InChI=1S/C6H7BO2/c7-9-6-3-1-5(8)2-4-6/h1,3,8H,2,4H2. The van der Waals surface area contributed by atoms with Crippen molar-refractivity contribution >= 4 is 8.05 Å². The molecular weight excluding hydrogens is 115 g/mol. The molecule has 0 spiro atoms. The number of aliphatic hydroxyl groups is 1. The van der Waals surface area contributed by atoms with Crippen molar-refractivity contribution in [3.05, 3.63) is 23.7 Å². The van der Waals surface area contributed by atoms with Crippen LogP contribution >= 0.6 is 0 Å². The Kier molecular flexibility index (Phi) is 1.83. The fraction of sp³-hybridized carbons (Fsp3) is 0.333. The lowest BCUT2D eigenvalue weighted by atomic mass is 10.1. The van der Waals surface area contributed by atoms with Crippen molar-refractivity contribution < 1.29 is 9.76 Å². The third-order valence-corrected chi connectivity index (χ3v) is 1.24. The molecule has 0 fully saturated rings. The highest BCUT2D eigenvalue weighted by molar-refractivity contribution is 5.98. The summed E-state index contributed by atoms with van der Waals surface area (Å²) in [6.45, 7) is 0. The molecule has 2 radical (unpaired) electrons. The smallest absolute Gasteiger partial charge is 0.373 e. The summed E-state index contributed by atoms with van der Waals surface area (Å²) >= 11 is 0. The minimum absolute atomic E-state index is 0.385. The van der Waals surface area contributed by atoms with Crippen molar-refractivity contribution in [2.75, 3.05) is 0 Å². The van der Waals surface area contributed by atoms with Gasteiger partial charge in [-0.15, -0.1) is 0 Å². The molecule has 0 aromatic carbocycles. The molecule has 0 aromatic heterocycles. The molecule has 1 N–H and O–H groups in total. The van der Waals surface area contributed by atoms with E-state index in [1.165, 1.54) is 0 Å². The van der Waals surface area contributed by atoms with E-state index in [4.69, 9.17) is 13.2 Å². The van der Waals surface area contributed by atoms with E-state index in [0.717, 1.165) is 0 Å². The van der Waals surface area contributed by atoms with Crippen LogP contribution in [0.15, 0.2) is 23.7 Å². The first kappa shape index (κ1) is 6.27. The van der Waals surface area contributed by atoms with Gasteiger partial charge in [0.25, 0.3) is 0 Å². The predicted octanol–water partition coefficient (Wildman–Crippen LogP) is 1.21. The Bertz CT molecular complexity index is 160. The molecule has 1 aliphatic rings. The van der Waals surface area contributed by atoms with Gasteiger partial charge >= 0.3 is 8.05 Å². The van der Waals surface area contributed by atoms with Crippen LogP contribution in [0.5, 0.6) is 0 Å². The van der Waals surface area contributed by atoms with Gasteiger partial charge in [-0.05, 0) is 12.2 Å². The second kappa shape index (κ2) is 2.62. The molecule has 0 saturated heterocycles. The molecule has 0 amide bonds. The average Bonchev–Trinajstić information content (AvgIpc) is 1.90. The lowest BCUT2D eigenvalue weighted by Crippen LogP contribution is -1.94. The molecule has 0 aromatic rings. The van der Waals surface area contributed by atoms with Crippen molar-refractivity contribution in [1.29, 1.82) is 0 Å². The summed E-state index contributed by atoms with van der Waals surface area (Å²) in [5.74, 6) is 1.10. The Hall–Kier alpha value is -0.855. The molecule has 3 heteroatoms. The van der Waals surface area contributed by atoms with E-state index in [1.54, 1.807) is 12.2 Å². The van der Waals surface area contributed by atoms with Crippen LogP contribution in [-0.4, -0.2) is 13.2 Å². The van der Waals surface area contributed by atoms with Crippen molar-refractivity contribution in [3.8, 4) is 0 Å². The first-order valence-corrected chi connectivity index (χ1v) is 2.78. The van der Waals surface area contributed by atoms with Crippen molar-refractivity contribution in [2.45, 2.75) is 12.8 Å². The maximum Gasteiger partial charge on any atom is 0.373 e. The molecule has 2 nitrogen and oxygen atoms in total. The fourth-order valence-electron chi connectivity index (χ4n) is 0.705. The number of allylic oxidation sites excluding steroid dienone is 4. The minimum atomic E-state index is 0.385. The highest BCUT2D eigenvalue weighted by Gasteiger charge is 2.02. The van der Waals surface area contributed by atoms with Gasteiger partial charge in [-0.1, -0.05) is 0 Å². The van der Waals surface area contributed by atoms with Gasteiger partial charge in [0.2, 0.25) is 0 Å². The van der Waals surface area contributed by atoms with Gasteiger partial charge in [0.15, 0.2) is 0 Å². The van der Waals surface area contributed by atoms with Gasteiger partial charge in [0.1, 0.15) is 0 Å². The van der Waals surface area contributed by atoms with Crippen molar-refractivity contribution in [2.24, 2.45) is 0 Å². The Morgan fingerprint density at radius 2 is 2.22 bits per heavy atom. The molecule has 1 aliphatic carbocycles. The van der Waals surface area contributed by atoms with Crippen LogP contribution in [0, 0.1) is 0 Å². The van der Waals surface area contributed by atoms with E-state index >= 15 is 0 Å². The largest absolute Gasteiger partial charge is 0.571 e. The SMILES string of the molecule is [B]OC1=CC=C(O)CC1. The lowest BCUT2D eigenvalue weighted by Gasteiger charge is -2.09. The summed E-state index contributed by atoms with van der Waals surface area (Å²) in [5.41, 5.74) is 0. The van der Waals surface area contributed by atoms with Crippen LogP contribution in [0.3, 0.4) is 0 Å². The van der Waals surface area contributed by atoms with Crippen molar-refractivity contribution in [3.63, 3.8) is 0 Å². The number of hydrogen-bond acceptors (Lipinski definition) is 2. The lowest BCUT2D eigenvalue weighted by molar-refractivity contribution is 0.362. The van der Waals surface area contributed by atoms with Crippen LogP contribution in [0.2, 0.25) is 0 Å². The number of hydrogen-bond donors (Lipinski definition) is 1. The second-order valence-corrected chi connectivity index (χ2v) is 1.91. The zero-order valence-electron chi connectivity index (χ0n) is 5.00. The highest BCUT2D eigenvalue weighted by Crippen LogP contribution is 2.15. The van der Waals surface area contributed by atoms with E-state index in [0.29, 0.717) is 24.4 Å². The maximum absolute atomic E-state index is 8.84. The molecule has 0 aliphatic heterocycles. The van der Waals surface area contributed by atoms with Gasteiger partial charge in [-0.3, -0.25) is 0 Å². The van der Waals surface area contributed by atoms with Gasteiger partial charge < -0.3 is 9.76 Å². The Morgan fingerprint density at radius 1 is 1.44 bits per heavy atom. The van der Waals surface area contributed by atoms with Gasteiger partial charge in [-0.2, -0.15) is 0 Å². The minimum Gasteiger partial charge on any atom is -0.571 e. The molecule has 46 valence electrons. The topological polar surface area (TPSA) is 29.5 Å². The van der Waals surface area contributed by atoms with E-state index in [1.807, 2.05) is 0 Å². The summed E-state index contributed by atoms with van der Waals surface area (Å²) in [5, 5.41) is 8.84. The molecule has 0 unspecified atom stereocenters. The second-order valence-electron chi connectivity index (χ2n) is 1.91. The first-order chi connectivity index (χ1) is 4.33. The van der Waals surface area contributed by atoms with E-state index < -0.39 is 0 Å². The zero-order chi connectivity index (χ0) is 6.69. The first-order valence-electron chi connectivity index (χ1n) is 2.78. The monoisotopic (exact) mass is 122 g/mol. The zero-order valence-corrected chi connectivity index (χ0v) is 5.00. The third-order valence-electron chi connectivity index (χ3n) is 1.24. The summed E-state index contributed by atoms with van der Waals surface area (Å²) in [6, 6.07) is 0. The number of rotatable bonds is 1. The van der Waals surface area contributed by atoms with E-state index in [-0.39, 0.29) is 0 Å². The molecular formula is C6H7BO2. The molecule has 1 rings (SSSR count). The molecule has 0 heterocycles. The van der Waals surface area contributed by atoms with Crippen LogP contribution in [0.4, 0.5) is 0 Å². The summed E-state index contributed by atoms with van der Waals surface area (Å²) in [6.07, 6.45) is 4.58. The van der Waals surface area contributed by atoms with E-state index in [9.17, 15) is 0 Å². The molecule has 9 heavy (non-hydrogen) atoms. The predicted molar refractivity (Wildman–Crippen MR) is 34.9 cm³/mol. The Labute approximate surface area is 55.3 Å². The van der Waals surface area contributed by atoms with Crippen LogP contribution in [0.25, 0.3) is 0 Å². The third kappa shape index (κ3) is 1.52. The van der Waals surface area contributed by atoms with E-state index in [2.05, 4.69) is 4.65 Å². The molecule has 0 atom stereocenters. The Morgan fingerprint density at radius 3 is 2.67 bits per heavy atom. The summed E-state index contributed by atoms with van der Waals surface area (Å²) < 4.78 is 4.44. The molecule has 0 saturated carbocycles. The van der Waals surface area contributed by atoms with Gasteiger partial charge in [0.05, 0.1) is 11.5 Å². The van der Waals surface area contributed by atoms with Crippen LogP contribution in [0.1, 0.15) is 12.8 Å². The fourth-order valence-corrected chi connectivity index (χ4v) is 0.705. The summed E-state index contributed by atoms with van der Waals surface area (Å²) in [7, 11) is 4.87. The van der Waals surface area contributed by atoms with Crippen LogP contribution in [-0.2, 0) is 4.65 Å². The quantitative estimate of drug-likeness (QED) is 0.529. The van der Waals surface area contributed by atoms with Crippen molar-refractivity contribution in [1.82, 2.24) is 0 Å². The Balaban J connectivity index is 2.59. The average molecular weight is 122 g/mol. The molecule has 0 bridgehead atoms.